The van der Waals surface area contributed by atoms with Gasteiger partial charge in [0.05, 0.1) is 12.4 Å². The van der Waals surface area contributed by atoms with Crippen molar-refractivity contribution in [2.75, 3.05) is 13.3 Å². The van der Waals surface area contributed by atoms with Gasteiger partial charge in [-0.3, -0.25) is 0 Å². The summed E-state index contributed by atoms with van der Waals surface area (Å²) in [6.07, 6.45) is 3.65. The summed E-state index contributed by atoms with van der Waals surface area (Å²) in [7, 11) is 1.38. The highest BCUT2D eigenvalue weighted by molar-refractivity contribution is 6.72. The molecule has 0 aliphatic rings. The Morgan fingerprint density at radius 2 is 1.90 bits per heavy atom. The standard InChI is InChI=1S/C22H37BN3O3Si/c1-16(12-22(2,3)30(5,6)28)21-25-20(13-26(21)4)18-9-7-17(8-10-18)11-19(14-27)23-29-15-24/h7-10,13,16,19,27-28H,11-12,14-15,24H2,1-6H3. The average molecular weight is 430 g/mol. The van der Waals surface area contributed by atoms with E-state index in [-0.39, 0.29) is 30.1 Å². The van der Waals surface area contributed by atoms with Crippen molar-refractivity contribution in [3.8, 4) is 11.3 Å². The molecule has 0 amide bonds. The largest absolute Gasteiger partial charge is 0.432 e. The highest BCUT2D eigenvalue weighted by Gasteiger charge is 2.39. The zero-order chi connectivity index (χ0) is 22.5. The fraction of sp³-hybridized carbons (Fsp3) is 0.591. The Morgan fingerprint density at radius 3 is 2.43 bits per heavy atom. The molecule has 165 valence electrons. The number of aliphatic hydroxyl groups excluding tert-OH is 1. The number of imidazole rings is 1. The Morgan fingerprint density at radius 1 is 1.27 bits per heavy atom. The molecular formula is C22H37BN3O3Si. The molecule has 30 heavy (non-hydrogen) atoms. The normalized spacial score (nSPS) is 14.6. The van der Waals surface area contributed by atoms with Crippen LogP contribution < -0.4 is 5.73 Å². The summed E-state index contributed by atoms with van der Waals surface area (Å²) in [6.45, 7) is 10.7. The molecule has 0 bridgehead atoms. The number of benzene rings is 1. The maximum absolute atomic E-state index is 10.6. The Kier molecular flexibility index (Phi) is 8.47. The molecule has 2 atom stereocenters. The fourth-order valence-electron chi connectivity index (χ4n) is 3.65. The van der Waals surface area contributed by atoms with Crippen LogP contribution in [-0.4, -0.2) is 48.6 Å². The summed E-state index contributed by atoms with van der Waals surface area (Å²) in [4.78, 5) is 15.5. The lowest BCUT2D eigenvalue weighted by Gasteiger charge is -2.36. The number of hydrogen-bond acceptors (Lipinski definition) is 5. The Balaban J connectivity index is 2.12. The van der Waals surface area contributed by atoms with Crippen molar-refractivity contribution < 1.29 is 14.6 Å². The van der Waals surface area contributed by atoms with Crippen LogP contribution in [0.5, 0.6) is 0 Å². The maximum atomic E-state index is 10.6. The third kappa shape index (κ3) is 6.28. The van der Waals surface area contributed by atoms with Gasteiger partial charge in [-0.1, -0.05) is 45.0 Å². The van der Waals surface area contributed by atoms with Gasteiger partial charge >= 0.3 is 0 Å². The van der Waals surface area contributed by atoms with E-state index in [0.29, 0.717) is 6.42 Å². The quantitative estimate of drug-likeness (QED) is 0.375. The van der Waals surface area contributed by atoms with Crippen LogP contribution in [0, 0.1) is 0 Å². The van der Waals surface area contributed by atoms with Crippen LogP contribution in [0.2, 0.25) is 23.9 Å². The van der Waals surface area contributed by atoms with Gasteiger partial charge in [0.25, 0.3) is 7.48 Å². The minimum atomic E-state index is -2.26. The van der Waals surface area contributed by atoms with E-state index in [2.05, 4.69) is 55.8 Å². The van der Waals surface area contributed by atoms with Crippen molar-refractivity contribution in [2.24, 2.45) is 12.8 Å². The second-order valence-corrected chi connectivity index (χ2v) is 13.9. The third-order valence-electron chi connectivity index (χ3n) is 6.19. The highest BCUT2D eigenvalue weighted by Crippen LogP contribution is 2.43. The van der Waals surface area contributed by atoms with Crippen LogP contribution >= 0.6 is 0 Å². The van der Waals surface area contributed by atoms with Gasteiger partial charge in [-0.05, 0) is 42.4 Å². The molecule has 2 unspecified atom stereocenters. The van der Waals surface area contributed by atoms with Crippen LogP contribution in [0.4, 0.5) is 0 Å². The lowest BCUT2D eigenvalue weighted by Crippen LogP contribution is -2.39. The lowest BCUT2D eigenvalue weighted by atomic mass is 9.76. The summed E-state index contributed by atoms with van der Waals surface area (Å²) >= 11 is 0. The predicted molar refractivity (Wildman–Crippen MR) is 126 cm³/mol. The first kappa shape index (κ1) is 24.8. The van der Waals surface area contributed by atoms with Gasteiger partial charge in [0.1, 0.15) is 5.82 Å². The van der Waals surface area contributed by atoms with E-state index in [1.165, 1.54) is 0 Å². The molecule has 1 aromatic heterocycles. The summed E-state index contributed by atoms with van der Waals surface area (Å²) in [5.41, 5.74) is 8.47. The Bertz CT molecular complexity index is 803. The van der Waals surface area contributed by atoms with Crippen LogP contribution in [0.25, 0.3) is 11.3 Å². The monoisotopic (exact) mass is 430 g/mol. The van der Waals surface area contributed by atoms with Crippen LogP contribution in [-0.2, 0) is 18.1 Å². The van der Waals surface area contributed by atoms with Gasteiger partial charge < -0.3 is 24.9 Å². The minimum Gasteiger partial charge on any atom is -0.432 e. The van der Waals surface area contributed by atoms with Crippen LogP contribution in [0.3, 0.4) is 0 Å². The van der Waals surface area contributed by atoms with E-state index in [1.807, 2.05) is 20.1 Å². The third-order valence-corrected chi connectivity index (χ3v) is 9.71. The van der Waals surface area contributed by atoms with Gasteiger partial charge in [0.15, 0.2) is 8.32 Å². The van der Waals surface area contributed by atoms with Crippen molar-refractivity contribution in [1.29, 1.82) is 0 Å². The molecule has 0 saturated carbocycles. The van der Waals surface area contributed by atoms with Crippen molar-refractivity contribution in [3.63, 3.8) is 0 Å². The molecule has 1 radical (unpaired) electrons. The van der Waals surface area contributed by atoms with E-state index >= 15 is 0 Å². The predicted octanol–water partition coefficient (Wildman–Crippen LogP) is 3.43. The summed E-state index contributed by atoms with van der Waals surface area (Å²) in [5, 5.41) is 9.40. The van der Waals surface area contributed by atoms with Gasteiger partial charge in [0.2, 0.25) is 0 Å². The zero-order valence-corrected chi connectivity index (χ0v) is 20.2. The molecule has 0 aliphatic heterocycles. The number of nitrogens with two attached hydrogens (primary N) is 1. The molecule has 8 heteroatoms. The fourth-order valence-corrected chi connectivity index (χ4v) is 4.45. The van der Waals surface area contributed by atoms with Gasteiger partial charge in [0, 0.05) is 31.3 Å². The van der Waals surface area contributed by atoms with Gasteiger partial charge in [-0.15, -0.1) is 0 Å². The first-order chi connectivity index (χ1) is 14.0. The van der Waals surface area contributed by atoms with Crippen LogP contribution in [0.1, 0.15) is 44.5 Å². The van der Waals surface area contributed by atoms with Crippen molar-refractivity contribution in [2.45, 2.75) is 63.5 Å². The van der Waals surface area contributed by atoms with E-state index in [1.54, 1.807) is 7.48 Å². The van der Waals surface area contributed by atoms with Crippen molar-refractivity contribution in [3.05, 3.63) is 41.9 Å². The number of hydrogen-bond donors (Lipinski definition) is 3. The summed E-state index contributed by atoms with van der Waals surface area (Å²) in [6, 6.07) is 8.26. The molecule has 0 saturated heterocycles. The molecule has 2 aromatic rings. The Hall–Kier alpha value is -1.45. The molecule has 1 heterocycles. The minimum absolute atomic E-state index is 0.0209. The van der Waals surface area contributed by atoms with E-state index in [0.717, 1.165) is 29.1 Å². The second kappa shape index (κ2) is 10.2. The second-order valence-electron chi connectivity index (χ2n) is 9.46. The zero-order valence-electron chi connectivity index (χ0n) is 19.2. The van der Waals surface area contributed by atoms with Gasteiger partial charge in [-0.2, -0.15) is 0 Å². The van der Waals surface area contributed by atoms with E-state index in [4.69, 9.17) is 15.4 Å². The van der Waals surface area contributed by atoms with Crippen molar-refractivity contribution in [1.82, 2.24) is 9.55 Å². The molecule has 0 spiro atoms. The maximum Gasteiger partial charge on any atom is 0.300 e. The smallest absolute Gasteiger partial charge is 0.300 e. The summed E-state index contributed by atoms with van der Waals surface area (Å²) < 4.78 is 7.21. The SMILES string of the molecule is CC(CC(C)(C)[Si](C)(C)O)c1nc(-c2ccc(CC([B]OCN)CO)cc2)cn1C. The van der Waals surface area contributed by atoms with Crippen molar-refractivity contribution >= 4 is 15.8 Å². The molecule has 1 aromatic carbocycles. The van der Waals surface area contributed by atoms with E-state index < -0.39 is 8.32 Å². The topological polar surface area (TPSA) is 93.5 Å². The lowest BCUT2D eigenvalue weighted by molar-refractivity contribution is 0.268. The molecule has 6 nitrogen and oxygen atoms in total. The molecule has 0 fully saturated rings. The summed E-state index contributed by atoms with van der Waals surface area (Å²) in [5.74, 6) is 1.21. The number of aryl methyl sites for hydroxylation is 1. The number of aromatic nitrogens is 2. The highest BCUT2D eigenvalue weighted by atomic mass is 28.4. The van der Waals surface area contributed by atoms with Crippen LogP contribution in [0.15, 0.2) is 30.5 Å². The molecule has 0 aliphatic carbocycles. The number of aliphatic hydroxyl groups is 1. The Labute approximate surface area is 182 Å². The number of nitrogens with zero attached hydrogens (tertiary/aromatic N) is 2. The van der Waals surface area contributed by atoms with Gasteiger partial charge in [-0.25, -0.2) is 4.98 Å². The average Bonchev–Trinajstić information content (AvgIpc) is 3.06. The molecule has 2 rings (SSSR count). The molecular weight excluding hydrogens is 393 g/mol. The number of rotatable bonds is 11. The molecule has 4 N–H and O–H groups in total. The first-order valence-corrected chi connectivity index (χ1v) is 13.5. The van der Waals surface area contributed by atoms with E-state index in [9.17, 15) is 9.90 Å². The first-order valence-electron chi connectivity index (χ1n) is 10.6.